The molecule has 0 atom stereocenters. The molecule has 8 heavy (non-hydrogen) atoms. The third-order valence-corrected chi connectivity index (χ3v) is 2.29. The van der Waals surface area contributed by atoms with Gasteiger partial charge in [0, 0.05) is 5.75 Å². The highest BCUT2D eigenvalue weighted by Crippen LogP contribution is 2.42. The molecule has 1 radical (unpaired) electrons. The van der Waals surface area contributed by atoms with Gasteiger partial charge in [-0.15, -0.1) is 11.8 Å². The van der Waals surface area contributed by atoms with Gasteiger partial charge >= 0.3 is 0 Å². The summed E-state index contributed by atoms with van der Waals surface area (Å²) in [6.45, 7) is 0. The molecule has 2 heteroatoms. The van der Waals surface area contributed by atoms with Crippen LogP contribution >= 0.6 is 11.8 Å². The first-order valence-electron chi connectivity index (χ1n) is 2.96. The summed E-state index contributed by atoms with van der Waals surface area (Å²) >= 11 is 1.82. The molecule has 0 aromatic carbocycles. The number of thioether (sulfide) groups is 1. The van der Waals surface area contributed by atoms with Crippen molar-refractivity contribution in [3.8, 4) is 0 Å². The highest BCUT2D eigenvalue weighted by atomic mass is 32.2. The number of aliphatic imine (C=N–C) groups is 1. The third-order valence-electron chi connectivity index (χ3n) is 1.57. The lowest BCUT2D eigenvalue weighted by Crippen LogP contribution is -1.93. The van der Waals surface area contributed by atoms with Crippen molar-refractivity contribution in [1.82, 2.24) is 0 Å². The maximum Gasteiger partial charge on any atom is 0.0997 e. The SMILES string of the molecule is C1=N[C](C2CC2)CS1. The normalized spacial score (nSPS) is 29.5. The second-order valence-electron chi connectivity index (χ2n) is 2.31. The third kappa shape index (κ3) is 0.772. The second-order valence-corrected chi connectivity index (χ2v) is 3.14. The highest BCUT2D eigenvalue weighted by molar-refractivity contribution is 8.12. The molecule has 0 aromatic heterocycles. The predicted octanol–water partition coefficient (Wildman–Crippen LogP) is 1.70. The fourth-order valence-corrected chi connectivity index (χ4v) is 1.67. The van der Waals surface area contributed by atoms with Gasteiger partial charge in [0.1, 0.15) is 0 Å². The van der Waals surface area contributed by atoms with Gasteiger partial charge in [-0.05, 0) is 18.8 Å². The van der Waals surface area contributed by atoms with E-state index < -0.39 is 0 Å². The molecular formula is C6H8NS. The maximum absolute atomic E-state index is 4.25. The Bertz CT molecular complexity index is 118. The monoisotopic (exact) mass is 126 g/mol. The first kappa shape index (κ1) is 4.86. The summed E-state index contributed by atoms with van der Waals surface area (Å²) in [5.41, 5.74) is 1.97. The van der Waals surface area contributed by atoms with E-state index >= 15 is 0 Å². The van der Waals surface area contributed by atoms with Gasteiger partial charge in [0.2, 0.25) is 0 Å². The lowest BCUT2D eigenvalue weighted by atomic mass is 10.2. The highest BCUT2D eigenvalue weighted by Gasteiger charge is 2.32. The average molecular weight is 126 g/mol. The smallest absolute Gasteiger partial charge is 0.0997 e. The summed E-state index contributed by atoms with van der Waals surface area (Å²) in [4.78, 5) is 4.25. The average Bonchev–Trinajstić information content (AvgIpc) is 2.49. The van der Waals surface area contributed by atoms with Crippen molar-refractivity contribution in [2.45, 2.75) is 12.8 Å². The zero-order chi connectivity index (χ0) is 5.40. The summed E-state index contributed by atoms with van der Waals surface area (Å²) in [6, 6.07) is 1.44. The van der Waals surface area contributed by atoms with E-state index in [9.17, 15) is 0 Å². The molecule has 1 nitrogen and oxygen atoms in total. The molecule has 1 aliphatic carbocycles. The van der Waals surface area contributed by atoms with Crippen LogP contribution in [-0.2, 0) is 0 Å². The van der Waals surface area contributed by atoms with E-state index in [1.54, 1.807) is 0 Å². The summed E-state index contributed by atoms with van der Waals surface area (Å²) < 4.78 is 0. The zero-order valence-corrected chi connectivity index (χ0v) is 5.45. The minimum atomic E-state index is 0.890. The fourth-order valence-electron chi connectivity index (χ4n) is 0.905. The van der Waals surface area contributed by atoms with Crippen molar-refractivity contribution in [3.05, 3.63) is 6.04 Å². The molecular weight excluding hydrogens is 118 g/mol. The van der Waals surface area contributed by atoms with Crippen molar-refractivity contribution in [1.29, 1.82) is 0 Å². The topological polar surface area (TPSA) is 12.4 Å². The van der Waals surface area contributed by atoms with E-state index in [4.69, 9.17) is 0 Å². The second kappa shape index (κ2) is 1.76. The lowest BCUT2D eigenvalue weighted by Gasteiger charge is -1.97. The molecule has 0 unspecified atom stereocenters. The molecule has 1 fully saturated rings. The summed E-state index contributed by atoms with van der Waals surface area (Å²) in [5, 5.41) is 0. The lowest BCUT2D eigenvalue weighted by molar-refractivity contribution is 0.836. The van der Waals surface area contributed by atoms with Crippen LogP contribution in [0, 0.1) is 12.0 Å². The van der Waals surface area contributed by atoms with E-state index in [-0.39, 0.29) is 0 Å². The summed E-state index contributed by atoms with van der Waals surface area (Å²) in [6.07, 6.45) is 2.79. The van der Waals surface area contributed by atoms with Gasteiger partial charge in [0.25, 0.3) is 0 Å². The fraction of sp³-hybridized carbons (Fsp3) is 0.667. The van der Waals surface area contributed by atoms with Crippen LogP contribution in [0.2, 0.25) is 0 Å². The number of rotatable bonds is 1. The van der Waals surface area contributed by atoms with E-state index in [1.807, 2.05) is 17.3 Å². The van der Waals surface area contributed by atoms with Gasteiger partial charge < -0.3 is 0 Å². The Kier molecular flexibility index (Phi) is 1.07. The van der Waals surface area contributed by atoms with Crippen LogP contribution in [0.15, 0.2) is 4.99 Å². The van der Waals surface area contributed by atoms with Crippen molar-refractivity contribution in [3.63, 3.8) is 0 Å². The maximum atomic E-state index is 4.25. The standard InChI is InChI=1S/C6H8NS/c1-2-5(1)6-3-8-4-7-6/h4-5H,1-3H2. The van der Waals surface area contributed by atoms with Crippen LogP contribution in [0.1, 0.15) is 12.8 Å². The van der Waals surface area contributed by atoms with Crippen LogP contribution in [-0.4, -0.2) is 11.3 Å². The Hall–Kier alpha value is 0.0200. The van der Waals surface area contributed by atoms with Crippen LogP contribution in [0.5, 0.6) is 0 Å². The van der Waals surface area contributed by atoms with Gasteiger partial charge in [-0.1, -0.05) is 0 Å². The molecule has 1 heterocycles. The largest absolute Gasteiger partial charge is 0.276 e. The van der Waals surface area contributed by atoms with Crippen molar-refractivity contribution in [2.24, 2.45) is 10.9 Å². The number of hydrogen-bond donors (Lipinski definition) is 0. The number of hydrogen-bond acceptors (Lipinski definition) is 2. The molecule has 0 saturated heterocycles. The van der Waals surface area contributed by atoms with Gasteiger partial charge in [-0.3, -0.25) is 4.99 Å². The molecule has 0 spiro atoms. The van der Waals surface area contributed by atoms with Crippen molar-refractivity contribution >= 4 is 17.3 Å². The minimum Gasteiger partial charge on any atom is -0.276 e. The molecule has 0 bridgehead atoms. The van der Waals surface area contributed by atoms with E-state index in [0.29, 0.717) is 0 Å². The summed E-state index contributed by atoms with van der Waals surface area (Å²) in [5.74, 6) is 2.06. The molecule has 0 amide bonds. The van der Waals surface area contributed by atoms with Crippen LogP contribution in [0.4, 0.5) is 0 Å². The molecule has 43 valence electrons. The number of nitrogens with zero attached hydrogens (tertiary/aromatic N) is 1. The molecule has 0 aromatic rings. The first-order chi connectivity index (χ1) is 3.97. The van der Waals surface area contributed by atoms with Crippen LogP contribution in [0.3, 0.4) is 0 Å². The van der Waals surface area contributed by atoms with E-state index in [0.717, 1.165) is 5.92 Å². The Morgan fingerprint density at radius 3 is 3.00 bits per heavy atom. The van der Waals surface area contributed by atoms with Gasteiger partial charge in [0.05, 0.1) is 11.6 Å². The summed E-state index contributed by atoms with van der Waals surface area (Å²) in [7, 11) is 0. The van der Waals surface area contributed by atoms with E-state index in [2.05, 4.69) is 4.99 Å². The van der Waals surface area contributed by atoms with Gasteiger partial charge in [0.15, 0.2) is 0 Å². The van der Waals surface area contributed by atoms with Gasteiger partial charge in [-0.25, -0.2) is 0 Å². The van der Waals surface area contributed by atoms with Crippen LogP contribution < -0.4 is 0 Å². The first-order valence-corrected chi connectivity index (χ1v) is 4.01. The molecule has 2 aliphatic rings. The Morgan fingerprint density at radius 2 is 2.50 bits per heavy atom. The quantitative estimate of drug-likeness (QED) is 0.521. The molecule has 2 rings (SSSR count). The van der Waals surface area contributed by atoms with Crippen LogP contribution in [0.25, 0.3) is 0 Å². The molecule has 1 saturated carbocycles. The van der Waals surface area contributed by atoms with E-state index in [1.165, 1.54) is 24.6 Å². The van der Waals surface area contributed by atoms with Gasteiger partial charge in [-0.2, -0.15) is 0 Å². The Labute approximate surface area is 53.6 Å². The molecule has 0 N–H and O–H groups in total. The zero-order valence-electron chi connectivity index (χ0n) is 4.63. The van der Waals surface area contributed by atoms with Crippen molar-refractivity contribution < 1.29 is 0 Å². The van der Waals surface area contributed by atoms with Crippen molar-refractivity contribution in [2.75, 3.05) is 5.75 Å². The predicted molar refractivity (Wildman–Crippen MR) is 36.9 cm³/mol. The molecule has 1 aliphatic heterocycles. The Morgan fingerprint density at radius 1 is 1.62 bits per heavy atom. The minimum absolute atomic E-state index is 0.890. The Balaban J connectivity index is 1.95.